The maximum absolute atomic E-state index is 13.6. The van der Waals surface area contributed by atoms with Crippen molar-refractivity contribution >= 4 is 19.7 Å². The fraction of sp³-hybridized carbons (Fsp3) is 0.910. The lowest BCUT2D eigenvalue weighted by Gasteiger charge is -2.27. The van der Waals surface area contributed by atoms with Gasteiger partial charge in [0, 0.05) is 12.8 Å². The lowest BCUT2D eigenvalue weighted by molar-refractivity contribution is -0.870. The molecule has 0 aliphatic rings. The Labute approximate surface area is 479 Å². The van der Waals surface area contributed by atoms with E-state index < -0.39 is 20.0 Å². The van der Waals surface area contributed by atoms with Crippen LogP contribution in [0.3, 0.4) is 0 Å². The standard InChI is InChI=1S/C67H131N2O7P/c1-7-10-13-16-19-22-25-27-28-29-30-31-32-33-34-35-36-37-38-39-40-42-44-47-50-53-56-59-66(70)68-64(63-75-77(72,73)74-62-61-69(4,5)6)65(58-55-52-49-46-43-24-21-18-15-12-9-3)76-67(71)60-57-54-51-48-45-41-26-23-20-17-14-11-8-2/h41,45,55,58,64-65H,7-40,42-44,46-54,56-57,59-63H2,1-6H3,(H-,68,70,72,73)/p+1/b45-41-,58-55-. The summed E-state index contributed by atoms with van der Waals surface area (Å²) < 4.78 is 30.7. The molecule has 1 amide bonds. The second kappa shape index (κ2) is 57.7. The molecule has 456 valence electrons. The predicted octanol–water partition coefficient (Wildman–Crippen LogP) is 20.9. The van der Waals surface area contributed by atoms with Crippen LogP contribution in [0.5, 0.6) is 0 Å². The van der Waals surface area contributed by atoms with Crippen LogP contribution in [-0.2, 0) is 27.9 Å². The number of unbranched alkanes of at least 4 members (excludes halogenated alkanes) is 44. The summed E-state index contributed by atoms with van der Waals surface area (Å²) in [6, 6.07) is -0.848. The zero-order chi connectivity index (χ0) is 56.4. The van der Waals surface area contributed by atoms with Gasteiger partial charge in [0.1, 0.15) is 19.3 Å². The van der Waals surface area contributed by atoms with Crippen molar-refractivity contribution in [1.82, 2.24) is 5.32 Å². The summed E-state index contributed by atoms with van der Waals surface area (Å²) in [4.78, 5) is 37.7. The van der Waals surface area contributed by atoms with Gasteiger partial charge in [0.05, 0.1) is 33.8 Å². The van der Waals surface area contributed by atoms with Gasteiger partial charge in [-0.2, -0.15) is 0 Å². The number of nitrogens with zero attached hydrogens (tertiary/aromatic N) is 1. The van der Waals surface area contributed by atoms with Crippen LogP contribution in [0.25, 0.3) is 0 Å². The summed E-state index contributed by atoms with van der Waals surface area (Å²) in [7, 11) is 1.51. The molecule has 77 heavy (non-hydrogen) atoms. The monoisotopic (exact) mass is 1110 g/mol. The molecule has 2 N–H and O–H groups in total. The largest absolute Gasteiger partial charge is 0.472 e. The normalized spacial score (nSPS) is 13.7. The van der Waals surface area contributed by atoms with Crippen molar-refractivity contribution in [1.29, 1.82) is 0 Å². The number of nitrogens with one attached hydrogen (secondary N) is 1. The van der Waals surface area contributed by atoms with Gasteiger partial charge in [0.25, 0.3) is 0 Å². The highest BCUT2D eigenvalue weighted by atomic mass is 31.2. The molecule has 0 aromatic carbocycles. The first kappa shape index (κ1) is 75.5. The van der Waals surface area contributed by atoms with E-state index in [1.807, 2.05) is 33.3 Å². The summed E-state index contributed by atoms with van der Waals surface area (Å²) in [5, 5.41) is 3.06. The summed E-state index contributed by atoms with van der Waals surface area (Å²) >= 11 is 0. The van der Waals surface area contributed by atoms with Crippen LogP contribution in [0.1, 0.15) is 342 Å². The lowest BCUT2D eigenvalue weighted by atomic mass is 10.0. The fourth-order valence-electron chi connectivity index (χ4n) is 10.2. The lowest BCUT2D eigenvalue weighted by Crippen LogP contribution is -2.47. The molecule has 10 heteroatoms. The summed E-state index contributed by atoms with van der Waals surface area (Å²) in [6.07, 6.45) is 69.2. The molecule has 0 aromatic rings. The third kappa shape index (κ3) is 58.9. The van der Waals surface area contributed by atoms with E-state index in [0.717, 1.165) is 70.6 Å². The van der Waals surface area contributed by atoms with E-state index >= 15 is 0 Å². The Morgan fingerprint density at radius 3 is 1.12 bits per heavy atom. The molecule has 0 radical (unpaired) electrons. The van der Waals surface area contributed by atoms with Crippen molar-refractivity contribution in [3.05, 3.63) is 24.3 Å². The van der Waals surface area contributed by atoms with Gasteiger partial charge in [0.2, 0.25) is 5.91 Å². The molecule has 0 saturated carbocycles. The number of carbonyl (C=O) groups is 2. The van der Waals surface area contributed by atoms with Crippen LogP contribution >= 0.6 is 7.82 Å². The topological polar surface area (TPSA) is 111 Å². The van der Waals surface area contributed by atoms with Crippen molar-refractivity contribution < 1.29 is 37.3 Å². The van der Waals surface area contributed by atoms with E-state index in [9.17, 15) is 19.0 Å². The first-order chi connectivity index (χ1) is 37.4. The molecule has 0 heterocycles. The number of ether oxygens (including phenoxy) is 1. The van der Waals surface area contributed by atoms with Gasteiger partial charge in [-0.1, -0.05) is 296 Å². The van der Waals surface area contributed by atoms with Gasteiger partial charge < -0.3 is 19.4 Å². The number of amides is 1. The van der Waals surface area contributed by atoms with Crippen LogP contribution < -0.4 is 5.32 Å². The summed E-state index contributed by atoms with van der Waals surface area (Å²) in [5.41, 5.74) is 0. The van der Waals surface area contributed by atoms with Crippen LogP contribution in [0.4, 0.5) is 0 Å². The number of rotatable bonds is 62. The van der Waals surface area contributed by atoms with Crippen molar-refractivity contribution in [2.45, 2.75) is 354 Å². The van der Waals surface area contributed by atoms with E-state index in [1.54, 1.807) is 0 Å². The van der Waals surface area contributed by atoms with Gasteiger partial charge in [-0.3, -0.25) is 18.6 Å². The van der Waals surface area contributed by atoms with Crippen molar-refractivity contribution in [3.63, 3.8) is 0 Å². The number of allylic oxidation sites excluding steroid dienone is 3. The molecular weight excluding hydrogens is 976 g/mol. The number of esters is 1. The van der Waals surface area contributed by atoms with E-state index in [2.05, 4.69) is 38.2 Å². The molecule has 3 atom stereocenters. The maximum Gasteiger partial charge on any atom is 0.472 e. The van der Waals surface area contributed by atoms with E-state index in [1.165, 1.54) is 238 Å². The SMILES string of the molecule is CCCCCCCC/C=C\CCCCCC(=O)OC(/C=C\CCCCCCCCCCC)C(COP(=O)(O)OCC[N+](C)(C)C)NC(=O)CCCCCCCCCCCCCCCCCCCCCCCCCCCCC. The maximum atomic E-state index is 13.6. The highest BCUT2D eigenvalue weighted by Gasteiger charge is 2.30. The summed E-state index contributed by atoms with van der Waals surface area (Å²) in [6.45, 7) is 7.04. The Morgan fingerprint density at radius 1 is 0.442 bits per heavy atom. The van der Waals surface area contributed by atoms with Gasteiger partial charge in [0.15, 0.2) is 0 Å². The zero-order valence-electron chi connectivity index (χ0n) is 52.2. The number of hydrogen-bond acceptors (Lipinski definition) is 6. The predicted molar refractivity (Wildman–Crippen MR) is 333 cm³/mol. The molecule has 9 nitrogen and oxygen atoms in total. The Morgan fingerprint density at radius 2 is 0.753 bits per heavy atom. The second-order valence-electron chi connectivity index (χ2n) is 24.4. The molecule has 0 aliphatic heterocycles. The minimum Gasteiger partial charge on any atom is -0.456 e. The van der Waals surface area contributed by atoms with Gasteiger partial charge >= 0.3 is 13.8 Å². The first-order valence-corrected chi connectivity index (χ1v) is 35.2. The summed E-state index contributed by atoms with van der Waals surface area (Å²) in [5.74, 6) is -0.507. The minimum absolute atomic E-state index is 0.0416. The molecule has 0 aromatic heterocycles. The number of quaternary nitrogens is 1. The zero-order valence-corrected chi connectivity index (χ0v) is 53.1. The number of phosphoric ester groups is 1. The number of phosphoric acid groups is 1. The molecule has 0 rings (SSSR count). The van der Waals surface area contributed by atoms with E-state index in [0.29, 0.717) is 17.4 Å². The van der Waals surface area contributed by atoms with Crippen LogP contribution in [0.15, 0.2) is 24.3 Å². The second-order valence-corrected chi connectivity index (χ2v) is 25.8. The smallest absolute Gasteiger partial charge is 0.456 e. The molecule has 0 aliphatic carbocycles. The first-order valence-electron chi connectivity index (χ1n) is 33.7. The Balaban J connectivity index is 4.92. The Kier molecular flexibility index (Phi) is 56.6. The molecule has 0 fully saturated rings. The van der Waals surface area contributed by atoms with Crippen LogP contribution in [-0.4, -0.2) is 74.3 Å². The quantitative estimate of drug-likeness (QED) is 0.0205. The number of likely N-dealkylation sites (N-methyl/N-ethyl adjacent to an activating group) is 1. The minimum atomic E-state index is -4.44. The fourth-order valence-corrected chi connectivity index (χ4v) is 10.9. The van der Waals surface area contributed by atoms with Crippen molar-refractivity contribution in [3.8, 4) is 0 Å². The van der Waals surface area contributed by atoms with Crippen molar-refractivity contribution in [2.24, 2.45) is 0 Å². The molecule has 3 unspecified atom stereocenters. The van der Waals surface area contributed by atoms with E-state index in [-0.39, 0.29) is 31.5 Å². The molecular formula is C67H132N2O7P+. The average molecular weight is 1110 g/mol. The van der Waals surface area contributed by atoms with Gasteiger partial charge in [-0.05, 0) is 57.4 Å². The Hall–Kier alpha value is -1.51. The molecule has 0 saturated heterocycles. The Bertz CT molecular complexity index is 1370. The van der Waals surface area contributed by atoms with Crippen LogP contribution in [0, 0.1) is 0 Å². The molecule has 0 bridgehead atoms. The number of hydrogen-bond donors (Lipinski definition) is 2. The van der Waals surface area contributed by atoms with E-state index in [4.69, 9.17) is 13.8 Å². The van der Waals surface area contributed by atoms with Gasteiger partial charge in [-0.15, -0.1) is 0 Å². The van der Waals surface area contributed by atoms with Crippen molar-refractivity contribution in [2.75, 3.05) is 40.9 Å². The van der Waals surface area contributed by atoms with Crippen LogP contribution in [0.2, 0.25) is 0 Å². The third-order valence-electron chi connectivity index (χ3n) is 15.4. The highest BCUT2D eigenvalue weighted by Crippen LogP contribution is 2.43. The average Bonchev–Trinajstić information content (AvgIpc) is 3.39. The number of carbonyl (C=O) groups excluding carboxylic acids is 2. The van der Waals surface area contributed by atoms with Gasteiger partial charge in [-0.25, -0.2) is 4.57 Å². The third-order valence-corrected chi connectivity index (χ3v) is 16.4. The molecule has 0 spiro atoms. The highest BCUT2D eigenvalue weighted by molar-refractivity contribution is 7.47.